The fourth-order valence-electron chi connectivity index (χ4n) is 2.25. The average molecular weight is 369 g/mol. The number of cyclic esters (lactones) is 1. The summed E-state index contributed by atoms with van der Waals surface area (Å²) in [6.07, 6.45) is 0. The third-order valence-electron chi connectivity index (χ3n) is 3.50. The minimum atomic E-state index is -4.34. The van der Waals surface area contributed by atoms with Gasteiger partial charge in [0.1, 0.15) is 18.2 Å². The number of anilines is 1. The topological polar surface area (TPSA) is 110 Å². The number of aromatic carboxylic acids is 1. The van der Waals surface area contributed by atoms with Crippen LogP contribution < -0.4 is 4.72 Å². The monoisotopic (exact) mass is 369 g/mol. The molecule has 0 aromatic heterocycles. The standard InChI is InChI=1S/C15H9F2NO6S/c16-11-5-13(12(17)4-10(11)14(19)20)18-25(22,23)8-2-1-7-6-24-15(21)9(7)3-8/h1-5,18H,6H2,(H,19,20). The lowest BCUT2D eigenvalue weighted by Crippen LogP contribution is -2.15. The van der Waals surface area contributed by atoms with Gasteiger partial charge in [0.15, 0.2) is 0 Å². The molecule has 0 aliphatic carbocycles. The molecule has 1 aliphatic rings. The zero-order chi connectivity index (χ0) is 18.4. The lowest BCUT2D eigenvalue weighted by molar-refractivity contribution is 0.0534. The summed E-state index contributed by atoms with van der Waals surface area (Å²) in [5.41, 5.74) is -1.12. The van der Waals surface area contributed by atoms with Crippen molar-refractivity contribution >= 4 is 27.6 Å². The van der Waals surface area contributed by atoms with E-state index in [9.17, 15) is 26.8 Å². The van der Waals surface area contributed by atoms with E-state index in [1.54, 1.807) is 0 Å². The molecular weight excluding hydrogens is 360 g/mol. The second-order valence-electron chi connectivity index (χ2n) is 5.12. The number of fused-ring (bicyclic) bond motifs is 1. The molecule has 0 bridgehead atoms. The van der Waals surface area contributed by atoms with Crippen LogP contribution in [0.1, 0.15) is 26.3 Å². The molecule has 0 fully saturated rings. The van der Waals surface area contributed by atoms with Gasteiger partial charge in [-0.15, -0.1) is 0 Å². The van der Waals surface area contributed by atoms with Crippen LogP contribution in [0.3, 0.4) is 0 Å². The molecular formula is C15H9F2NO6S. The number of sulfonamides is 1. The highest BCUT2D eigenvalue weighted by Crippen LogP contribution is 2.26. The highest BCUT2D eigenvalue weighted by atomic mass is 32.2. The minimum absolute atomic E-state index is 0.0262. The van der Waals surface area contributed by atoms with Crippen molar-refractivity contribution in [3.05, 3.63) is 58.7 Å². The molecule has 1 aliphatic heterocycles. The summed E-state index contributed by atoms with van der Waals surface area (Å²) in [4.78, 5) is 21.9. The number of ether oxygens (including phenoxy) is 1. The molecule has 10 heteroatoms. The molecule has 7 nitrogen and oxygen atoms in total. The second kappa shape index (κ2) is 5.81. The molecule has 0 atom stereocenters. The molecule has 2 N–H and O–H groups in total. The molecule has 25 heavy (non-hydrogen) atoms. The first kappa shape index (κ1) is 16.8. The Morgan fingerprint density at radius 3 is 2.56 bits per heavy atom. The number of benzene rings is 2. The van der Waals surface area contributed by atoms with Crippen LogP contribution in [0.2, 0.25) is 0 Å². The summed E-state index contributed by atoms with van der Waals surface area (Å²) in [6, 6.07) is 4.42. The van der Waals surface area contributed by atoms with E-state index in [0.29, 0.717) is 17.7 Å². The number of carbonyl (C=O) groups is 2. The van der Waals surface area contributed by atoms with E-state index in [2.05, 4.69) is 0 Å². The highest BCUT2D eigenvalue weighted by Gasteiger charge is 2.26. The maximum Gasteiger partial charge on any atom is 0.338 e. The van der Waals surface area contributed by atoms with Crippen LogP contribution in [0.25, 0.3) is 0 Å². The Morgan fingerprint density at radius 1 is 1.16 bits per heavy atom. The fraction of sp³-hybridized carbons (Fsp3) is 0.0667. The molecule has 1 heterocycles. The molecule has 2 aromatic carbocycles. The molecule has 0 saturated carbocycles. The van der Waals surface area contributed by atoms with Crippen LogP contribution in [0, 0.1) is 11.6 Å². The van der Waals surface area contributed by atoms with E-state index in [-0.39, 0.29) is 17.1 Å². The second-order valence-corrected chi connectivity index (χ2v) is 6.80. The largest absolute Gasteiger partial charge is 0.478 e. The highest BCUT2D eigenvalue weighted by molar-refractivity contribution is 7.92. The van der Waals surface area contributed by atoms with E-state index in [1.165, 1.54) is 12.1 Å². The zero-order valence-electron chi connectivity index (χ0n) is 12.2. The average Bonchev–Trinajstić information content (AvgIpc) is 2.91. The third-order valence-corrected chi connectivity index (χ3v) is 4.86. The number of nitrogens with one attached hydrogen (secondary N) is 1. The van der Waals surface area contributed by atoms with Gasteiger partial charge >= 0.3 is 11.9 Å². The fourth-order valence-corrected chi connectivity index (χ4v) is 3.34. The zero-order valence-corrected chi connectivity index (χ0v) is 13.1. The summed E-state index contributed by atoms with van der Waals surface area (Å²) < 4.78 is 58.8. The number of hydrogen-bond acceptors (Lipinski definition) is 5. The van der Waals surface area contributed by atoms with Crippen molar-refractivity contribution in [2.75, 3.05) is 4.72 Å². The SMILES string of the molecule is O=C(O)c1cc(F)c(NS(=O)(=O)c2ccc3c(c2)C(=O)OC3)cc1F. The lowest BCUT2D eigenvalue weighted by atomic mass is 10.1. The van der Waals surface area contributed by atoms with Gasteiger partial charge in [0.25, 0.3) is 10.0 Å². The summed E-state index contributed by atoms with van der Waals surface area (Å²) in [5.74, 6) is -4.94. The molecule has 0 amide bonds. The van der Waals surface area contributed by atoms with Gasteiger partial charge in [0, 0.05) is 11.6 Å². The van der Waals surface area contributed by atoms with Gasteiger partial charge in [-0.2, -0.15) is 0 Å². The van der Waals surface area contributed by atoms with Crippen LogP contribution in [-0.4, -0.2) is 25.5 Å². The maximum absolute atomic E-state index is 13.9. The quantitative estimate of drug-likeness (QED) is 0.799. The molecule has 0 saturated heterocycles. The minimum Gasteiger partial charge on any atom is -0.478 e. The van der Waals surface area contributed by atoms with Gasteiger partial charge in [-0.25, -0.2) is 26.8 Å². The Kier molecular flexibility index (Phi) is 3.91. The predicted molar refractivity (Wildman–Crippen MR) is 79.7 cm³/mol. The number of carboxylic acids is 1. The van der Waals surface area contributed by atoms with Gasteiger partial charge in [0.2, 0.25) is 0 Å². The maximum atomic E-state index is 13.9. The molecule has 0 spiro atoms. The Labute approximate surface area is 139 Å². The van der Waals surface area contributed by atoms with Gasteiger partial charge in [0.05, 0.1) is 21.7 Å². The van der Waals surface area contributed by atoms with Gasteiger partial charge in [-0.05, 0) is 18.2 Å². The summed E-state index contributed by atoms with van der Waals surface area (Å²) in [5, 5.41) is 8.72. The van der Waals surface area contributed by atoms with E-state index >= 15 is 0 Å². The molecule has 3 rings (SSSR count). The van der Waals surface area contributed by atoms with Gasteiger partial charge in [-0.3, -0.25) is 4.72 Å². The van der Waals surface area contributed by atoms with Crippen LogP contribution in [0.15, 0.2) is 35.2 Å². The first-order chi connectivity index (χ1) is 11.7. The van der Waals surface area contributed by atoms with E-state index < -0.39 is 44.8 Å². The van der Waals surface area contributed by atoms with Gasteiger partial charge in [-0.1, -0.05) is 6.07 Å². The normalized spacial score (nSPS) is 13.3. The van der Waals surface area contributed by atoms with Crippen molar-refractivity contribution in [1.82, 2.24) is 0 Å². The Balaban J connectivity index is 1.98. The van der Waals surface area contributed by atoms with Crippen molar-refractivity contribution in [2.45, 2.75) is 11.5 Å². The predicted octanol–water partition coefficient (Wildman–Crippen LogP) is 2.13. The lowest BCUT2D eigenvalue weighted by Gasteiger charge is -2.10. The van der Waals surface area contributed by atoms with Crippen molar-refractivity contribution in [1.29, 1.82) is 0 Å². The summed E-state index contributed by atoms with van der Waals surface area (Å²) >= 11 is 0. The summed E-state index contributed by atoms with van der Waals surface area (Å²) in [7, 11) is -4.34. The Morgan fingerprint density at radius 2 is 1.88 bits per heavy atom. The number of carbonyl (C=O) groups excluding carboxylic acids is 1. The van der Waals surface area contributed by atoms with Crippen molar-refractivity contribution in [2.24, 2.45) is 0 Å². The molecule has 130 valence electrons. The first-order valence-corrected chi connectivity index (χ1v) is 8.22. The van der Waals surface area contributed by atoms with Crippen molar-refractivity contribution in [3.8, 4) is 0 Å². The number of carboxylic acid groups (broad SMARTS) is 1. The Hall–Kier alpha value is -3.01. The van der Waals surface area contributed by atoms with Crippen molar-refractivity contribution in [3.63, 3.8) is 0 Å². The van der Waals surface area contributed by atoms with Crippen LogP contribution in [-0.2, 0) is 21.4 Å². The third kappa shape index (κ3) is 3.03. The van der Waals surface area contributed by atoms with Crippen LogP contribution in [0.4, 0.5) is 14.5 Å². The number of esters is 1. The van der Waals surface area contributed by atoms with Gasteiger partial charge < -0.3 is 9.84 Å². The van der Waals surface area contributed by atoms with E-state index in [0.717, 1.165) is 6.07 Å². The Bertz CT molecular complexity index is 1020. The number of hydrogen-bond donors (Lipinski definition) is 2. The van der Waals surface area contributed by atoms with Crippen LogP contribution >= 0.6 is 0 Å². The molecule has 0 unspecified atom stereocenters. The van der Waals surface area contributed by atoms with Crippen molar-refractivity contribution < 1.29 is 36.6 Å². The smallest absolute Gasteiger partial charge is 0.338 e. The first-order valence-electron chi connectivity index (χ1n) is 6.74. The molecule has 2 aromatic rings. The number of halogens is 2. The summed E-state index contributed by atoms with van der Waals surface area (Å²) in [6.45, 7) is 0.0262. The molecule has 0 radical (unpaired) electrons. The van der Waals surface area contributed by atoms with E-state index in [1.807, 2.05) is 4.72 Å². The number of rotatable bonds is 4. The van der Waals surface area contributed by atoms with E-state index in [4.69, 9.17) is 9.84 Å². The van der Waals surface area contributed by atoms with Crippen LogP contribution in [0.5, 0.6) is 0 Å².